The Labute approximate surface area is 169 Å². The molecule has 2 aromatic heterocycles. The number of hydrogen-bond donors (Lipinski definition) is 1. The van der Waals surface area contributed by atoms with Crippen LogP contribution < -0.4 is 4.90 Å². The van der Waals surface area contributed by atoms with Crippen molar-refractivity contribution in [2.45, 2.75) is 23.7 Å². The predicted octanol–water partition coefficient (Wildman–Crippen LogP) is 3.90. The molecule has 148 valence electrons. The van der Waals surface area contributed by atoms with Crippen LogP contribution in [0.2, 0.25) is 0 Å². The number of rotatable bonds is 3. The first-order valence-electron chi connectivity index (χ1n) is 9.76. The zero-order valence-electron chi connectivity index (χ0n) is 16.2. The molecule has 5 rings (SSSR count). The van der Waals surface area contributed by atoms with Crippen molar-refractivity contribution in [1.82, 2.24) is 15.0 Å². The van der Waals surface area contributed by atoms with Gasteiger partial charge in [0, 0.05) is 41.8 Å². The average Bonchev–Trinajstić information content (AvgIpc) is 3.16. The summed E-state index contributed by atoms with van der Waals surface area (Å²) >= 11 is 0. The standard InChI is InChI=1S/C22H22N4O2S/c1-29(27,28)16-6-7-21-18(12-16)22(25-14-24-21)26-10-8-15(9-11-26)19-13-23-20-5-3-2-4-17(19)20/h2-7,12-15,23H,8-11H2,1H3. The molecule has 0 saturated carbocycles. The number of aromatic amines is 1. The first-order chi connectivity index (χ1) is 14.0. The molecule has 2 aromatic carbocycles. The Balaban J connectivity index is 1.44. The summed E-state index contributed by atoms with van der Waals surface area (Å²) < 4.78 is 24.0. The Bertz CT molecular complexity index is 1300. The summed E-state index contributed by atoms with van der Waals surface area (Å²) in [4.78, 5) is 14.8. The molecule has 1 aliphatic rings. The molecule has 6 nitrogen and oxygen atoms in total. The third-order valence-electron chi connectivity index (χ3n) is 5.87. The molecule has 0 atom stereocenters. The normalized spacial score (nSPS) is 16.0. The Morgan fingerprint density at radius 1 is 1.03 bits per heavy atom. The monoisotopic (exact) mass is 406 g/mol. The SMILES string of the molecule is CS(=O)(=O)c1ccc2ncnc(N3CCC(c4c[nH]c5ccccc45)CC3)c2c1. The number of hydrogen-bond acceptors (Lipinski definition) is 5. The first kappa shape index (κ1) is 18.1. The highest BCUT2D eigenvalue weighted by Gasteiger charge is 2.25. The van der Waals surface area contributed by atoms with Crippen molar-refractivity contribution in [3.05, 3.63) is 60.6 Å². The highest BCUT2D eigenvalue weighted by molar-refractivity contribution is 7.90. The van der Waals surface area contributed by atoms with Crippen LogP contribution in [-0.4, -0.2) is 42.7 Å². The zero-order valence-corrected chi connectivity index (χ0v) is 17.0. The fourth-order valence-corrected chi connectivity index (χ4v) is 4.99. The summed E-state index contributed by atoms with van der Waals surface area (Å²) in [6, 6.07) is 13.5. The number of nitrogens with zero attached hydrogens (tertiary/aromatic N) is 3. The van der Waals surface area contributed by atoms with E-state index in [1.807, 2.05) is 0 Å². The van der Waals surface area contributed by atoms with Gasteiger partial charge in [0.1, 0.15) is 12.1 Å². The van der Waals surface area contributed by atoms with Crippen LogP contribution in [0.4, 0.5) is 5.82 Å². The van der Waals surface area contributed by atoms with E-state index in [4.69, 9.17) is 0 Å². The number of aromatic nitrogens is 3. The summed E-state index contributed by atoms with van der Waals surface area (Å²) in [6.45, 7) is 1.75. The minimum absolute atomic E-state index is 0.301. The van der Waals surface area contributed by atoms with E-state index >= 15 is 0 Å². The number of piperidine rings is 1. The van der Waals surface area contributed by atoms with Gasteiger partial charge in [-0.1, -0.05) is 18.2 Å². The summed E-state index contributed by atoms with van der Waals surface area (Å²) in [5.41, 5.74) is 3.33. The lowest BCUT2D eigenvalue weighted by atomic mass is 9.89. The third-order valence-corrected chi connectivity index (χ3v) is 6.98. The predicted molar refractivity (Wildman–Crippen MR) is 115 cm³/mol. The summed E-state index contributed by atoms with van der Waals surface area (Å²) in [5.74, 6) is 1.32. The molecule has 0 spiro atoms. The van der Waals surface area contributed by atoms with Gasteiger partial charge in [-0.3, -0.25) is 0 Å². The van der Waals surface area contributed by atoms with Crippen LogP contribution in [0.3, 0.4) is 0 Å². The van der Waals surface area contributed by atoms with Gasteiger partial charge in [-0.2, -0.15) is 0 Å². The average molecular weight is 407 g/mol. The van der Waals surface area contributed by atoms with Gasteiger partial charge in [0.15, 0.2) is 9.84 Å². The largest absolute Gasteiger partial charge is 0.361 e. The van der Waals surface area contributed by atoms with Gasteiger partial charge < -0.3 is 9.88 Å². The van der Waals surface area contributed by atoms with Crippen LogP contribution >= 0.6 is 0 Å². The van der Waals surface area contributed by atoms with Gasteiger partial charge >= 0.3 is 0 Å². The quantitative estimate of drug-likeness (QED) is 0.558. The molecule has 1 fully saturated rings. The van der Waals surface area contributed by atoms with E-state index in [1.54, 1.807) is 24.5 Å². The van der Waals surface area contributed by atoms with Crippen LogP contribution in [-0.2, 0) is 9.84 Å². The van der Waals surface area contributed by atoms with Crippen molar-refractivity contribution < 1.29 is 8.42 Å². The maximum absolute atomic E-state index is 12.0. The minimum atomic E-state index is -3.28. The van der Waals surface area contributed by atoms with E-state index in [2.05, 4.69) is 50.3 Å². The molecule has 1 N–H and O–H groups in total. The van der Waals surface area contributed by atoms with Gasteiger partial charge in [0.05, 0.1) is 10.4 Å². The molecule has 0 unspecified atom stereocenters. The molecule has 1 aliphatic heterocycles. The number of H-pyrrole nitrogens is 1. The lowest BCUT2D eigenvalue weighted by Crippen LogP contribution is -2.33. The van der Waals surface area contributed by atoms with Crippen LogP contribution in [0.1, 0.15) is 24.3 Å². The van der Waals surface area contributed by atoms with Crippen LogP contribution in [0, 0.1) is 0 Å². The van der Waals surface area contributed by atoms with Crippen molar-refractivity contribution in [2.24, 2.45) is 0 Å². The Kier molecular flexibility index (Phi) is 4.28. The number of fused-ring (bicyclic) bond motifs is 2. The summed E-state index contributed by atoms with van der Waals surface area (Å²) in [6.07, 6.45) is 6.98. The maximum Gasteiger partial charge on any atom is 0.175 e. The molecule has 4 aromatic rings. The topological polar surface area (TPSA) is 79.0 Å². The molecule has 0 amide bonds. The second kappa shape index (κ2) is 6.84. The molecule has 1 saturated heterocycles. The molecule has 7 heteroatoms. The molecule has 29 heavy (non-hydrogen) atoms. The van der Waals surface area contributed by atoms with Gasteiger partial charge in [0.2, 0.25) is 0 Å². The van der Waals surface area contributed by atoms with Crippen LogP contribution in [0.5, 0.6) is 0 Å². The van der Waals surface area contributed by atoms with Crippen LogP contribution in [0.25, 0.3) is 21.8 Å². The van der Waals surface area contributed by atoms with Crippen molar-refractivity contribution in [3.8, 4) is 0 Å². The molecule has 0 radical (unpaired) electrons. The number of para-hydroxylation sites is 1. The molecular formula is C22H22N4O2S. The Morgan fingerprint density at radius 2 is 1.83 bits per heavy atom. The highest BCUT2D eigenvalue weighted by Crippen LogP contribution is 2.35. The van der Waals surface area contributed by atoms with Gasteiger partial charge in [-0.25, -0.2) is 18.4 Å². The second-order valence-electron chi connectivity index (χ2n) is 7.70. The van der Waals surface area contributed by atoms with E-state index < -0.39 is 9.84 Å². The van der Waals surface area contributed by atoms with E-state index in [0.717, 1.165) is 42.7 Å². The maximum atomic E-state index is 12.0. The fraction of sp³-hybridized carbons (Fsp3) is 0.273. The number of benzene rings is 2. The third kappa shape index (κ3) is 3.25. The van der Waals surface area contributed by atoms with E-state index in [0.29, 0.717) is 10.8 Å². The van der Waals surface area contributed by atoms with Gasteiger partial charge in [0.25, 0.3) is 0 Å². The smallest absolute Gasteiger partial charge is 0.175 e. The highest BCUT2D eigenvalue weighted by atomic mass is 32.2. The Hall–Kier alpha value is -2.93. The molecular weight excluding hydrogens is 384 g/mol. The molecule has 0 bridgehead atoms. The number of nitrogens with one attached hydrogen (secondary N) is 1. The number of anilines is 1. The summed E-state index contributed by atoms with van der Waals surface area (Å²) in [5, 5.41) is 2.09. The number of sulfone groups is 1. The van der Waals surface area contributed by atoms with Crippen molar-refractivity contribution in [2.75, 3.05) is 24.2 Å². The first-order valence-corrected chi connectivity index (χ1v) is 11.7. The Morgan fingerprint density at radius 3 is 2.62 bits per heavy atom. The van der Waals surface area contributed by atoms with Crippen molar-refractivity contribution in [3.63, 3.8) is 0 Å². The lowest BCUT2D eigenvalue weighted by molar-refractivity contribution is 0.506. The second-order valence-corrected chi connectivity index (χ2v) is 9.72. The molecule has 3 heterocycles. The van der Waals surface area contributed by atoms with Gasteiger partial charge in [-0.05, 0) is 48.6 Å². The minimum Gasteiger partial charge on any atom is -0.361 e. The fourth-order valence-electron chi connectivity index (χ4n) is 4.34. The lowest BCUT2D eigenvalue weighted by Gasteiger charge is -2.33. The van der Waals surface area contributed by atoms with Crippen molar-refractivity contribution >= 4 is 37.5 Å². The molecule has 0 aliphatic carbocycles. The van der Waals surface area contributed by atoms with Crippen molar-refractivity contribution in [1.29, 1.82) is 0 Å². The summed E-state index contributed by atoms with van der Waals surface area (Å²) in [7, 11) is -3.28. The van der Waals surface area contributed by atoms with E-state index in [1.165, 1.54) is 22.7 Å². The van der Waals surface area contributed by atoms with E-state index in [9.17, 15) is 8.42 Å². The van der Waals surface area contributed by atoms with Gasteiger partial charge in [-0.15, -0.1) is 0 Å². The zero-order chi connectivity index (χ0) is 20.0. The van der Waals surface area contributed by atoms with E-state index in [-0.39, 0.29) is 0 Å². The van der Waals surface area contributed by atoms with Crippen LogP contribution in [0.15, 0.2) is 59.9 Å².